The van der Waals surface area contributed by atoms with Crippen molar-refractivity contribution in [3.63, 3.8) is 0 Å². The Morgan fingerprint density at radius 2 is 2.10 bits per heavy atom. The smallest absolute Gasteiger partial charge is 0.244 e. The van der Waals surface area contributed by atoms with Crippen LogP contribution in [-0.2, 0) is 6.42 Å². The summed E-state index contributed by atoms with van der Waals surface area (Å²) >= 11 is 0. The van der Waals surface area contributed by atoms with Crippen molar-refractivity contribution in [2.45, 2.75) is 57.5 Å². The van der Waals surface area contributed by atoms with E-state index in [1.165, 1.54) is 12.8 Å². The Balaban J connectivity index is 1.76. The van der Waals surface area contributed by atoms with E-state index in [1.807, 2.05) is 18.2 Å². The van der Waals surface area contributed by atoms with E-state index in [0.29, 0.717) is 17.2 Å². The third kappa shape index (κ3) is 3.51. The molecule has 2 heterocycles. The highest BCUT2D eigenvalue weighted by atomic mass is 16.5. The Morgan fingerprint density at radius 1 is 1.31 bits per heavy atom. The number of allylic oxidation sites excluding steroid dienone is 1. The summed E-state index contributed by atoms with van der Waals surface area (Å²) in [4.78, 5) is 0. The Bertz CT molecular complexity index is 967. The molecule has 1 aliphatic heterocycles. The number of fused-ring (bicyclic) bond motifs is 1. The van der Waals surface area contributed by atoms with Crippen LogP contribution in [0, 0.1) is 11.3 Å². The summed E-state index contributed by atoms with van der Waals surface area (Å²) < 4.78 is 17.4. The number of benzene rings is 1. The van der Waals surface area contributed by atoms with Crippen molar-refractivity contribution in [3.05, 3.63) is 46.5 Å². The Hall–Kier alpha value is -3.14. The normalized spacial score (nSPS) is 18.9. The first kappa shape index (κ1) is 19.2. The number of hydrogen-bond acceptors (Lipinski definition) is 6. The maximum atomic E-state index is 9.79. The number of methoxy groups -OCH3 is 1. The SMILES string of the molecule is CCCc1[nH]nc2c1[C@@H](c1ccc(OC3CCCC3)c(OC)c1)C(C#N)=C(N)O2. The van der Waals surface area contributed by atoms with Gasteiger partial charge in [0.1, 0.15) is 11.6 Å². The van der Waals surface area contributed by atoms with Gasteiger partial charge in [-0.15, -0.1) is 5.10 Å². The Morgan fingerprint density at radius 3 is 2.79 bits per heavy atom. The first-order chi connectivity index (χ1) is 14.2. The number of aromatic amines is 1. The Kier molecular flexibility index (Phi) is 5.34. The molecule has 0 amide bonds. The number of aryl methyl sites for hydroxylation is 1. The second-order valence-corrected chi connectivity index (χ2v) is 7.53. The zero-order valence-electron chi connectivity index (χ0n) is 16.8. The molecule has 7 heteroatoms. The zero-order chi connectivity index (χ0) is 20.4. The summed E-state index contributed by atoms with van der Waals surface area (Å²) in [6, 6.07) is 8.05. The van der Waals surface area contributed by atoms with Gasteiger partial charge in [0, 0.05) is 11.3 Å². The van der Waals surface area contributed by atoms with Crippen LogP contribution >= 0.6 is 0 Å². The second-order valence-electron chi connectivity index (χ2n) is 7.53. The number of nitrogens with two attached hydrogens (primary N) is 1. The van der Waals surface area contributed by atoms with Gasteiger partial charge >= 0.3 is 0 Å². The first-order valence-corrected chi connectivity index (χ1v) is 10.2. The molecular weight excluding hydrogens is 368 g/mol. The predicted molar refractivity (Wildman–Crippen MR) is 108 cm³/mol. The number of H-pyrrole nitrogens is 1. The minimum Gasteiger partial charge on any atom is -0.493 e. The number of hydrogen-bond donors (Lipinski definition) is 2. The molecule has 1 fully saturated rings. The number of aromatic nitrogens is 2. The molecule has 152 valence electrons. The van der Waals surface area contributed by atoms with Crippen LogP contribution < -0.4 is 19.9 Å². The van der Waals surface area contributed by atoms with E-state index in [1.54, 1.807) is 7.11 Å². The van der Waals surface area contributed by atoms with Gasteiger partial charge in [0.2, 0.25) is 11.8 Å². The number of nitriles is 1. The standard InChI is InChI=1S/C22H26N4O3/c1-3-6-16-20-19(15(12-23)21(24)29-22(20)26-25-16)13-9-10-17(18(11-13)27-2)28-14-7-4-5-8-14/h9-11,14,19H,3-8,24H2,1-2H3,(H,25,26)/t19-/m0/s1. The molecule has 1 aromatic heterocycles. The average molecular weight is 394 g/mol. The third-order valence-corrected chi connectivity index (χ3v) is 5.63. The molecule has 1 atom stereocenters. The van der Waals surface area contributed by atoms with Gasteiger partial charge in [-0.2, -0.15) is 5.26 Å². The van der Waals surface area contributed by atoms with E-state index < -0.39 is 0 Å². The molecule has 7 nitrogen and oxygen atoms in total. The molecule has 2 aliphatic rings. The number of rotatable bonds is 6. The van der Waals surface area contributed by atoms with E-state index in [2.05, 4.69) is 23.2 Å². The van der Waals surface area contributed by atoms with Crippen molar-refractivity contribution in [2.24, 2.45) is 5.73 Å². The van der Waals surface area contributed by atoms with Gasteiger partial charge in [0.15, 0.2) is 11.5 Å². The second kappa shape index (κ2) is 8.08. The van der Waals surface area contributed by atoms with Crippen molar-refractivity contribution in [2.75, 3.05) is 7.11 Å². The molecule has 0 spiro atoms. The van der Waals surface area contributed by atoms with E-state index >= 15 is 0 Å². The third-order valence-electron chi connectivity index (χ3n) is 5.63. The lowest BCUT2D eigenvalue weighted by Crippen LogP contribution is -2.21. The van der Waals surface area contributed by atoms with Gasteiger partial charge in [-0.3, -0.25) is 5.10 Å². The molecule has 2 aromatic rings. The fourth-order valence-corrected chi connectivity index (χ4v) is 4.23. The van der Waals surface area contributed by atoms with Gasteiger partial charge in [-0.1, -0.05) is 19.4 Å². The summed E-state index contributed by atoms with van der Waals surface area (Å²) in [6.45, 7) is 2.10. The molecule has 0 saturated heterocycles. The molecule has 0 unspecified atom stereocenters. The van der Waals surface area contributed by atoms with Crippen LogP contribution in [0.25, 0.3) is 0 Å². The fourth-order valence-electron chi connectivity index (χ4n) is 4.23. The van der Waals surface area contributed by atoms with Crippen LogP contribution in [0.4, 0.5) is 0 Å². The lowest BCUT2D eigenvalue weighted by Gasteiger charge is -2.25. The molecule has 0 radical (unpaired) electrons. The molecular formula is C22H26N4O3. The molecule has 29 heavy (non-hydrogen) atoms. The Labute approximate surface area is 170 Å². The van der Waals surface area contributed by atoms with Crippen LogP contribution in [-0.4, -0.2) is 23.4 Å². The van der Waals surface area contributed by atoms with Crippen molar-refractivity contribution in [1.29, 1.82) is 5.26 Å². The highest BCUT2D eigenvalue weighted by Gasteiger charge is 2.35. The summed E-state index contributed by atoms with van der Waals surface area (Å²) in [6.07, 6.45) is 6.53. The van der Waals surface area contributed by atoms with Crippen LogP contribution in [0.1, 0.15) is 61.8 Å². The van der Waals surface area contributed by atoms with Gasteiger partial charge in [0.05, 0.1) is 19.1 Å². The molecule has 3 N–H and O–H groups in total. The van der Waals surface area contributed by atoms with E-state index in [4.69, 9.17) is 19.9 Å². The topological polar surface area (TPSA) is 106 Å². The van der Waals surface area contributed by atoms with Gasteiger partial charge in [0.25, 0.3) is 0 Å². The summed E-state index contributed by atoms with van der Waals surface area (Å²) in [5.74, 6) is 1.54. The average Bonchev–Trinajstić information content (AvgIpc) is 3.38. The highest BCUT2D eigenvalue weighted by Crippen LogP contribution is 2.45. The zero-order valence-corrected chi connectivity index (χ0v) is 16.8. The van der Waals surface area contributed by atoms with E-state index in [9.17, 15) is 5.26 Å². The largest absolute Gasteiger partial charge is 0.493 e. The minimum absolute atomic E-state index is 0.0878. The number of nitrogens with zero attached hydrogens (tertiary/aromatic N) is 2. The van der Waals surface area contributed by atoms with Crippen LogP contribution in [0.2, 0.25) is 0 Å². The van der Waals surface area contributed by atoms with E-state index in [0.717, 1.165) is 48.3 Å². The first-order valence-electron chi connectivity index (χ1n) is 10.2. The van der Waals surface area contributed by atoms with Gasteiger partial charge in [-0.25, -0.2) is 0 Å². The van der Waals surface area contributed by atoms with E-state index in [-0.39, 0.29) is 17.9 Å². The van der Waals surface area contributed by atoms with Crippen molar-refractivity contribution in [1.82, 2.24) is 10.2 Å². The monoisotopic (exact) mass is 394 g/mol. The van der Waals surface area contributed by atoms with Crippen LogP contribution in [0.5, 0.6) is 17.4 Å². The van der Waals surface area contributed by atoms with Crippen LogP contribution in [0.15, 0.2) is 29.7 Å². The lowest BCUT2D eigenvalue weighted by atomic mass is 9.83. The maximum Gasteiger partial charge on any atom is 0.244 e. The number of ether oxygens (including phenoxy) is 3. The molecule has 1 aromatic carbocycles. The van der Waals surface area contributed by atoms with Crippen LogP contribution in [0.3, 0.4) is 0 Å². The van der Waals surface area contributed by atoms with Crippen molar-refractivity contribution >= 4 is 0 Å². The quantitative estimate of drug-likeness (QED) is 0.769. The summed E-state index contributed by atoms with van der Waals surface area (Å²) in [5, 5.41) is 17.1. The molecule has 4 rings (SSSR count). The highest BCUT2D eigenvalue weighted by molar-refractivity contribution is 5.57. The predicted octanol–water partition coefficient (Wildman–Crippen LogP) is 3.91. The summed E-state index contributed by atoms with van der Waals surface area (Å²) in [5.41, 5.74) is 9.14. The minimum atomic E-state index is -0.363. The number of nitrogens with one attached hydrogen (secondary N) is 1. The van der Waals surface area contributed by atoms with Crippen molar-refractivity contribution < 1.29 is 14.2 Å². The van der Waals surface area contributed by atoms with Gasteiger partial charge < -0.3 is 19.9 Å². The maximum absolute atomic E-state index is 9.79. The molecule has 0 bridgehead atoms. The fraction of sp³-hybridized carbons (Fsp3) is 0.455. The lowest BCUT2D eigenvalue weighted by molar-refractivity contribution is 0.200. The van der Waals surface area contributed by atoms with Gasteiger partial charge in [-0.05, 0) is 49.8 Å². The molecule has 1 aliphatic carbocycles. The van der Waals surface area contributed by atoms with Crippen molar-refractivity contribution in [3.8, 4) is 23.4 Å². The summed E-state index contributed by atoms with van der Waals surface area (Å²) in [7, 11) is 1.63. The molecule has 1 saturated carbocycles.